The minimum absolute atomic E-state index is 0.0174. The van der Waals surface area contributed by atoms with Crippen molar-refractivity contribution in [1.29, 1.82) is 0 Å². The molecule has 6 heteroatoms. The molecule has 0 aliphatic carbocycles. The van der Waals surface area contributed by atoms with Crippen molar-refractivity contribution in [3.8, 4) is 11.5 Å². The van der Waals surface area contributed by atoms with E-state index in [9.17, 15) is 4.79 Å². The van der Waals surface area contributed by atoms with Crippen molar-refractivity contribution in [2.24, 2.45) is 0 Å². The number of hydrogen-bond donors (Lipinski definition) is 0. The Morgan fingerprint density at radius 1 is 1.07 bits per heavy atom. The molecule has 4 rings (SSSR count). The predicted octanol–water partition coefficient (Wildman–Crippen LogP) is 4.65. The molecule has 5 nitrogen and oxygen atoms in total. The van der Waals surface area contributed by atoms with Gasteiger partial charge in [0.05, 0.1) is 24.3 Å². The molecule has 0 spiro atoms. The lowest BCUT2D eigenvalue weighted by atomic mass is 10.0. The lowest BCUT2D eigenvalue weighted by molar-refractivity contribution is 0.0680. The molecule has 0 bridgehead atoms. The third kappa shape index (κ3) is 3.88. The molecule has 0 saturated carbocycles. The van der Waals surface area contributed by atoms with E-state index in [1.807, 2.05) is 17.0 Å². The molecule has 1 unspecified atom stereocenters. The van der Waals surface area contributed by atoms with Crippen molar-refractivity contribution in [1.82, 2.24) is 9.88 Å². The number of amides is 1. The average Bonchev–Trinajstić information content (AvgIpc) is 3.09. The van der Waals surface area contributed by atoms with E-state index >= 15 is 0 Å². The molecule has 1 aromatic carbocycles. The van der Waals surface area contributed by atoms with Crippen molar-refractivity contribution in [2.75, 3.05) is 19.8 Å². The summed E-state index contributed by atoms with van der Waals surface area (Å²) < 4.78 is 11.4. The number of nitrogens with zero attached hydrogens (tertiary/aromatic N) is 2. The summed E-state index contributed by atoms with van der Waals surface area (Å²) in [7, 11) is 0. The molecule has 2 aromatic rings. The minimum Gasteiger partial charge on any atom is -0.489 e. The minimum atomic E-state index is -0.0174. The highest BCUT2D eigenvalue weighted by Gasteiger charge is 2.29. The number of fused-ring (bicyclic) bond motifs is 1. The van der Waals surface area contributed by atoms with Crippen molar-refractivity contribution in [3.05, 3.63) is 52.8 Å². The zero-order valence-corrected chi connectivity index (χ0v) is 16.0. The van der Waals surface area contributed by atoms with Crippen molar-refractivity contribution in [3.63, 3.8) is 0 Å². The summed E-state index contributed by atoms with van der Waals surface area (Å²) in [6, 6.07) is 7.52. The molecule has 1 atom stereocenters. The molecular weight excluding hydrogens is 364 g/mol. The Morgan fingerprint density at radius 2 is 1.89 bits per heavy atom. The maximum Gasteiger partial charge on any atom is 0.254 e. The van der Waals surface area contributed by atoms with E-state index in [4.69, 9.17) is 21.1 Å². The zero-order valence-electron chi connectivity index (χ0n) is 15.2. The van der Waals surface area contributed by atoms with Crippen LogP contribution in [0.4, 0.5) is 0 Å². The zero-order chi connectivity index (χ0) is 18.6. The van der Waals surface area contributed by atoms with Gasteiger partial charge in [-0.05, 0) is 42.7 Å². The summed E-state index contributed by atoms with van der Waals surface area (Å²) in [6.07, 6.45) is 8.57. The summed E-state index contributed by atoms with van der Waals surface area (Å²) >= 11 is 6.40. The Balaban J connectivity index is 1.67. The molecule has 142 valence electrons. The Morgan fingerprint density at radius 3 is 2.74 bits per heavy atom. The first-order valence-electron chi connectivity index (χ1n) is 9.54. The van der Waals surface area contributed by atoms with Crippen LogP contribution >= 0.6 is 11.6 Å². The second-order valence-corrected chi connectivity index (χ2v) is 7.39. The van der Waals surface area contributed by atoms with Crippen LogP contribution in [0.25, 0.3) is 0 Å². The molecule has 1 aromatic heterocycles. The van der Waals surface area contributed by atoms with Gasteiger partial charge in [-0.1, -0.05) is 24.4 Å². The lowest BCUT2D eigenvalue weighted by Gasteiger charge is -2.30. The van der Waals surface area contributed by atoms with Crippen LogP contribution in [0.5, 0.6) is 11.5 Å². The number of hydrogen-bond acceptors (Lipinski definition) is 4. The van der Waals surface area contributed by atoms with E-state index in [0.717, 1.165) is 44.2 Å². The van der Waals surface area contributed by atoms with Crippen LogP contribution in [0.15, 0.2) is 36.7 Å². The fraction of sp³-hybridized carbons (Fsp3) is 0.429. The number of ether oxygens (including phenoxy) is 2. The predicted molar refractivity (Wildman–Crippen MR) is 104 cm³/mol. The first kappa shape index (κ1) is 18.1. The average molecular weight is 387 g/mol. The van der Waals surface area contributed by atoms with E-state index in [1.54, 1.807) is 24.5 Å². The van der Waals surface area contributed by atoms with E-state index in [1.165, 1.54) is 0 Å². The SMILES string of the molecule is O=C(c1cc(Cl)c2c(c1)OCCCO2)N1CCCCCC1c1ccncc1. The molecule has 1 saturated heterocycles. The van der Waals surface area contributed by atoms with Gasteiger partial charge in [-0.25, -0.2) is 0 Å². The highest BCUT2D eigenvalue weighted by molar-refractivity contribution is 6.32. The maximum atomic E-state index is 13.4. The number of benzene rings is 1. The normalized spacial score (nSPS) is 19.9. The van der Waals surface area contributed by atoms with Crippen LogP contribution in [-0.4, -0.2) is 35.5 Å². The van der Waals surface area contributed by atoms with Crippen molar-refractivity contribution < 1.29 is 14.3 Å². The van der Waals surface area contributed by atoms with Crippen molar-refractivity contribution in [2.45, 2.75) is 38.1 Å². The largest absolute Gasteiger partial charge is 0.489 e. The van der Waals surface area contributed by atoms with Gasteiger partial charge < -0.3 is 14.4 Å². The van der Waals surface area contributed by atoms with Crippen LogP contribution in [0.2, 0.25) is 5.02 Å². The molecule has 0 N–H and O–H groups in total. The topological polar surface area (TPSA) is 51.7 Å². The molecule has 1 amide bonds. The fourth-order valence-electron chi connectivity index (χ4n) is 3.80. The Labute approximate surface area is 164 Å². The Bertz CT molecular complexity index is 813. The van der Waals surface area contributed by atoms with E-state index < -0.39 is 0 Å². The van der Waals surface area contributed by atoms with Gasteiger partial charge in [-0.3, -0.25) is 9.78 Å². The first-order valence-corrected chi connectivity index (χ1v) is 9.92. The van der Waals surface area contributed by atoms with Gasteiger partial charge in [-0.2, -0.15) is 0 Å². The van der Waals surface area contributed by atoms with Gasteiger partial charge in [0, 0.05) is 30.9 Å². The smallest absolute Gasteiger partial charge is 0.254 e. The number of likely N-dealkylation sites (tertiary alicyclic amines) is 1. The van der Waals surface area contributed by atoms with Gasteiger partial charge in [0.2, 0.25) is 0 Å². The Hall–Kier alpha value is -2.27. The maximum absolute atomic E-state index is 13.4. The second kappa shape index (κ2) is 8.17. The summed E-state index contributed by atoms with van der Waals surface area (Å²) in [5.74, 6) is 1.07. The van der Waals surface area contributed by atoms with E-state index in [0.29, 0.717) is 35.3 Å². The van der Waals surface area contributed by atoms with Gasteiger partial charge in [0.1, 0.15) is 0 Å². The second-order valence-electron chi connectivity index (χ2n) is 6.98. The van der Waals surface area contributed by atoms with Gasteiger partial charge in [0.15, 0.2) is 11.5 Å². The van der Waals surface area contributed by atoms with Crippen LogP contribution in [0.1, 0.15) is 54.1 Å². The molecule has 2 aliphatic rings. The lowest BCUT2D eigenvalue weighted by Crippen LogP contribution is -2.34. The number of pyridine rings is 1. The summed E-state index contributed by atoms with van der Waals surface area (Å²) in [4.78, 5) is 19.5. The number of carbonyl (C=O) groups excluding carboxylic acids is 1. The summed E-state index contributed by atoms with van der Waals surface area (Å²) in [6.45, 7) is 1.86. The molecule has 1 fully saturated rings. The van der Waals surface area contributed by atoms with Gasteiger partial charge in [-0.15, -0.1) is 0 Å². The highest BCUT2D eigenvalue weighted by atomic mass is 35.5. The molecular formula is C21H23ClN2O3. The summed E-state index contributed by atoms with van der Waals surface area (Å²) in [5.41, 5.74) is 1.67. The van der Waals surface area contributed by atoms with Crippen LogP contribution in [0, 0.1) is 0 Å². The standard InChI is InChI=1S/C21H23ClN2O3/c22-17-13-16(14-19-20(17)27-12-4-11-26-19)21(25)24-10-3-1-2-5-18(24)15-6-8-23-9-7-15/h6-9,13-14,18H,1-5,10-12H2. The molecule has 27 heavy (non-hydrogen) atoms. The quantitative estimate of drug-likeness (QED) is 0.753. The monoisotopic (exact) mass is 386 g/mol. The number of aromatic nitrogens is 1. The number of halogens is 1. The first-order chi connectivity index (χ1) is 13.2. The summed E-state index contributed by atoms with van der Waals surface area (Å²) in [5, 5.41) is 0.424. The third-order valence-corrected chi connectivity index (χ3v) is 5.43. The molecule has 2 aliphatic heterocycles. The molecule has 0 radical (unpaired) electrons. The Kier molecular flexibility index (Phi) is 5.48. The van der Waals surface area contributed by atoms with Crippen LogP contribution < -0.4 is 9.47 Å². The van der Waals surface area contributed by atoms with Gasteiger partial charge >= 0.3 is 0 Å². The number of carbonyl (C=O) groups is 1. The van der Waals surface area contributed by atoms with Crippen LogP contribution in [0.3, 0.4) is 0 Å². The van der Waals surface area contributed by atoms with Gasteiger partial charge in [0.25, 0.3) is 5.91 Å². The highest BCUT2D eigenvalue weighted by Crippen LogP contribution is 2.39. The van der Waals surface area contributed by atoms with Crippen LogP contribution in [-0.2, 0) is 0 Å². The third-order valence-electron chi connectivity index (χ3n) is 5.15. The van der Waals surface area contributed by atoms with E-state index in [-0.39, 0.29) is 11.9 Å². The van der Waals surface area contributed by atoms with E-state index in [2.05, 4.69) is 4.98 Å². The van der Waals surface area contributed by atoms with Crippen molar-refractivity contribution >= 4 is 17.5 Å². The molecule has 3 heterocycles. The number of rotatable bonds is 2. The fourth-order valence-corrected chi connectivity index (χ4v) is 4.07.